The summed E-state index contributed by atoms with van der Waals surface area (Å²) in [4.78, 5) is 10.9. The lowest BCUT2D eigenvalue weighted by Gasteiger charge is -2.22. The molecule has 124 valence electrons. The van der Waals surface area contributed by atoms with Crippen LogP contribution in [0.2, 0.25) is 5.02 Å². The Morgan fingerprint density at radius 2 is 2.30 bits per heavy atom. The third-order valence-electron chi connectivity index (χ3n) is 3.55. The summed E-state index contributed by atoms with van der Waals surface area (Å²) in [5.74, 6) is 0.897. The monoisotopic (exact) mass is 333 g/mol. The van der Waals surface area contributed by atoms with E-state index in [9.17, 15) is 0 Å². The van der Waals surface area contributed by atoms with E-state index in [0.29, 0.717) is 0 Å². The molecule has 0 aromatic carbocycles. The Bertz CT molecular complexity index is 636. The predicted octanol–water partition coefficient (Wildman–Crippen LogP) is 2.71. The number of hydrogen-bond donors (Lipinski definition) is 1. The number of guanidine groups is 1. The Hall–Kier alpha value is -2.01. The Kier molecular flexibility index (Phi) is 6.47. The van der Waals surface area contributed by atoms with E-state index in [-0.39, 0.29) is 0 Å². The molecule has 2 aromatic heterocycles. The summed E-state index contributed by atoms with van der Waals surface area (Å²) >= 11 is 6.05. The van der Waals surface area contributed by atoms with Gasteiger partial charge in [-0.15, -0.1) is 0 Å². The molecule has 1 N–H and O–H groups in total. The molecule has 6 heteroatoms. The maximum absolute atomic E-state index is 6.05. The largest absolute Gasteiger partial charge is 0.357 e. The average molecular weight is 334 g/mol. The predicted molar refractivity (Wildman–Crippen MR) is 95.8 cm³/mol. The standard InChI is InChI=1S/C17H24ClN5/c1-4-20-17(21-9-7-14-6-5-8-19-11-14)23(3)13-16-10-15(18)12-22(16)2/h5-6,8,10-12H,4,7,9,13H2,1-3H3,(H,20,21). The van der Waals surface area contributed by atoms with Crippen LogP contribution >= 0.6 is 11.6 Å². The number of rotatable bonds is 6. The summed E-state index contributed by atoms with van der Waals surface area (Å²) in [5.41, 5.74) is 2.35. The Balaban J connectivity index is 1.98. The van der Waals surface area contributed by atoms with E-state index in [1.165, 1.54) is 5.56 Å². The van der Waals surface area contributed by atoms with Crippen molar-refractivity contribution in [2.24, 2.45) is 12.0 Å². The van der Waals surface area contributed by atoms with Crippen LogP contribution in [0.3, 0.4) is 0 Å². The first-order valence-electron chi connectivity index (χ1n) is 7.79. The minimum Gasteiger partial charge on any atom is -0.357 e. The molecule has 0 aliphatic rings. The first-order chi connectivity index (χ1) is 11.1. The van der Waals surface area contributed by atoms with E-state index >= 15 is 0 Å². The van der Waals surface area contributed by atoms with Crippen LogP contribution < -0.4 is 5.32 Å². The van der Waals surface area contributed by atoms with Crippen molar-refractivity contribution in [1.29, 1.82) is 0 Å². The number of nitrogens with one attached hydrogen (secondary N) is 1. The second-order valence-corrected chi connectivity index (χ2v) is 5.90. The van der Waals surface area contributed by atoms with Crippen LogP contribution in [-0.2, 0) is 20.0 Å². The number of pyridine rings is 1. The normalized spacial score (nSPS) is 11.6. The van der Waals surface area contributed by atoms with Crippen LogP contribution in [0, 0.1) is 0 Å². The summed E-state index contributed by atoms with van der Waals surface area (Å²) in [7, 11) is 4.04. The van der Waals surface area contributed by atoms with Gasteiger partial charge in [0.1, 0.15) is 0 Å². The summed E-state index contributed by atoms with van der Waals surface area (Å²) in [6.45, 7) is 4.39. The Morgan fingerprint density at radius 1 is 1.48 bits per heavy atom. The first-order valence-corrected chi connectivity index (χ1v) is 8.17. The van der Waals surface area contributed by atoms with E-state index in [0.717, 1.165) is 42.7 Å². The molecule has 0 aliphatic heterocycles. The lowest BCUT2D eigenvalue weighted by Crippen LogP contribution is -2.39. The minimum absolute atomic E-state index is 0.728. The van der Waals surface area contributed by atoms with E-state index in [2.05, 4.69) is 28.2 Å². The first kappa shape index (κ1) is 17.3. The van der Waals surface area contributed by atoms with E-state index in [4.69, 9.17) is 16.6 Å². The van der Waals surface area contributed by atoms with Gasteiger partial charge in [0.15, 0.2) is 5.96 Å². The zero-order valence-corrected chi connectivity index (χ0v) is 14.7. The van der Waals surface area contributed by atoms with Gasteiger partial charge < -0.3 is 14.8 Å². The number of aromatic nitrogens is 2. The second-order valence-electron chi connectivity index (χ2n) is 5.46. The van der Waals surface area contributed by atoms with Crippen LogP contribution in [0.25, 0.3) is 0 Å². The smallest absolute Gasteiger partial charge is 0.194 e. The molecule has 0 spiro atoms. The summed E-state index contributed by atoms with van der Waals surface area (Å²) in [5, 5.41) is 4.09. The third kappa shape index (κ3) is 5.28. The molecular formula is C17H24ClN5. The van der Waals surface area contributed by atoms with Crippen molar-refractivity contribution < 1.29 is 0 Å². The van der Waals surface area contributed by atoms with Crippen molar-refractivity contribution in [2.45, 2.75) is 19.9 Å². The molecule has 0 saturated heterocycles. The summed E-state index contributed by atoms with van der Waals surface area (Å²) < 4.78 is 2.04. The highest BCUT2D eigenvalue weighted by Gasteiger charge is 2.09. The quantitative estimate of drug-likeness (QED) is 0.653. The molecular weight excluding hydrogens is 310 g/mol. The van der Waals surface area contributed by atoms with Gasteiger partial charge in [0, 0.05) is 51.5 Å². The van der Waals surface area contributed by atoms with Crippen molar-refractivity contribution in [3.05, 3.63) is 53.1 Å². The van der Waals surface area contributed by atoms with Crippen molar-refractivity contribution in [3.8, 4) is 0 Å². The molecule has 0 unspecified atom stereocenters. The zero-order chi connectivity index (χ0) is 16.7. The number of aryl methyl sites for hydroxylation is 1. The molecule has 0 radical (unpaired) electrons. The maximum Gasteiger partial charge on any atom is 0.194 e. The highest BCUT2D eigenvalue weighted by atomic mass is 35.5. The number of nitrogens with zero attached hydrogens (tertiary/aromatic N) is 4. The van der Waals surface area contributed by atoms with Gasteiger partial charge in [-0.1, -0.05) is 17.7 Å². The SMILES string of the molecule is CCNC(=NCCc1cccnc1)N(C)Cc1cc(Cl)cn1C. The van der Waals surface area contributed by atoms with Crippen LogP contribution in [0.5, 0.6) is 0 Å². The lowest BCUT2D eigenvalue weighted by molar-refractivity contribution is 0.462. The average Bonchev–Trinajstić information content (AvgIpc) is 2.85. The molecule has 0 aliphatic carbocycles. The second kappa shape index (κ2) is 8.58. The number of halogens is 1. The minimum atomic E-state index is 0.728. The molecule has 0 saturated carbocycles. The molecule has 0 bridgehead atoms. The fourth-order valence-corrected chi connectivity index (χ4v) is 2.62. The summed E-state index contributed by atoms with van der Waals surface area (Å²) in [6, 6.07) is 6.01. The van der Waals surface area contributed by atoms with Crippen LogP contribution in [0.1, 0.15) is 18.2 Å². The molecule has 2 heterocycles. The van der Waals surface area contributed by atoms with Crippen molar-refractivity contribution in [1.82, 2.24) is 19.8 Å². The molecule has 0 amide bonds. The number of hydrogen-bond acceptors (Lipinski definition) is 2. The molecule has 0 fully saturated rings. The lowest BCUT2D eigenvalue weighted by atomic mass is 10.2. The maximum atomic E-state index is 6.05. The molecule has 23 heavy (non-hydrogen) atoms. The van der Waals surface area contributed by atoms with E-state index in [1.54, 1.807) is 6.20 Å². The summed E-state index contributed by atoms with van der Waals surface area (Å²) in [6.07, 6.45) is 6.47. The molecule has 5 nitrogen and oxygen atoms in total. The molecule has 0 atom stereocenters. The van der Waals surface area contributed by atoms with Crippen molar-refractivity contribution >= 4 is 17.6 Å². The number of aliphatic imine (C=N–C) groups is 1. The van der Waals surface area contributed by atoms with E-state index < -0.39 is 0 Å². The molecule has 2 aromatic rings. The third-order valence-corrected chi connectivity index (χ3v) is 3.76. The van der Waals surface area contributed by atoms with Crippen molar-refractivity contribution in [3.63, 3.8) is 0 Å². The zero-order valence-electron chi connectivity index (χ0n) is 14.0. The van der Waals surface area contributed by atoms with Gasteiger partial charge in [-0.25, -0.2) is 0 Å². The van der Waals surface area contributed by atoms with Gasteiger partial charge in [0.25, 0.3) is 0 Å². The van der Waals surface area contributed by atoms with Gasteiger partial charge in [-0.3, -0.25) is 9.98 Å². The fraction of sp³-hybridized carbons (Fsp3) is 0.412. The van der Waals surface area contributed by atoms with Crippen LogP contribution in [-0.4, -0.2) is 40.5 Å². The highest BCUT2D eigenvalue weighted by molar-refractivity contribution is 6.30. The van der Waals surface area contributed by atoms with Gasteiger partial charge in [0.2, 0.25) is 0 Å². The fourth-order valence-electron chi connectivity index (χ4n) is 2.35. The van der Waals surface area contributed by atoms with E-state index in [1.807, 2.05) is 43.2 Å². The van der Waals surface area contributed by atoms with Gasteiger partial charge in [0.05, 0.1) is 11.6 Å². The van der Waals surface area contributed by atoms with Gasteiger partial charge in [-0.2, -0.15) is 0 Å². The van der Waals surface area contributed by atoms with Gasteiger partial charge in [-0.05, 0) is 31.0 Å². The Morgan fingerprint density at radius 3 is 2.91 bits per heavy atom. The van der Waals surface area contributed by atoms with Crippen molar-refractivity contribution in [2.75, 3.05) is 20.1 Å². The Labute approximate surface area is 143 Å². The topological polar surface area (TPSA) is 45.5 Å². The van der Waals surface area contributed by atoms with Crippen LogP contribution in [0.15, 0.2) is 41.8 Å². The highest BCUT2D eigenvalue weighted by Crippen LogP contribution is 2.14. The van der Waals surface area contributed by atoms with Crippen LogP contribution in [0.4, 0.5) is 0 Å². The molecule has 2 rings (SSSR count). The van der Waals surface area contributed by atoms with Gasteiger partial charge >= 0.3 is 0 Å².